The predicted octanol–water partition coefficient (Wildman–Crippen LogP) is 3.05. The van der Waals surface area contributed by atoms with E-state index in [2.05, 4.69) is 4.90 Å². The Balaban J connectivity index is 2.13. The molecule has 106 valence electrons. The summed E-state index contributed by atoms with van der Waals surface area (Å²) in [7, 11) is 2.05. The summed E-state index contributed by atoms with van der Waals surface area (Å²) < 4.78 is 38.0. The highest BCUT2D eigenvalue weighted by molar-refractivity contribution is 5.28. The van der Waals surface area contributed by atoms with Crippen LogP contribution in [0.25, 0.3) is 0 Å². The first kappa shape index (κ1) is 14.3. The summed E-state index contributed by atoms with van der Waals surface area (Å²) in [6, 6.07) is 5.09. The van der Waals surface area contributed by atoms with Crippen molar-refractivity contribution in [3.05, 3.63) is 35.4 Å². The molecule has 0 amide bonds. The second-order valence-electron chi connectivity index (χ2n) is 5.29. The van der Waals surface area contributed by atoms with Gasteiger partial charge < -0.3 is 10.6 Å². The zero-order chi connectivity index (χ0) is 14.0. The van der Waals surface area contributed by atoms with Gasteiger partial charge in [0.15, 0.2) is 0 Å². The Morgan fingerprint density at radius 1 is 1.26 bits per heavy atom. The molecule has 0 spiro atoms. The molecule has 1 aliphatic heterocycles. The number of benzene rings is 1. The number of hydrogen-bond acceptors (Lipinski definition) is 2. The number of rotatable bonds is 2. The quantitative estimate of drug-likeness (QED) is 0.896. The van der Waals surface area contributed by atoms with Crippen molar-refractivity contribution in [2.45, 2.75) is 25.1 Å². The summed E-state index contributed by atoms with van der Waals surface area (Å²) in [5, 5.41) is 0. The van der Waals surface area contributed by atoms with Crippen LogP contribution in [-0.4, -0.2) is 25.0 Å². The van der Waals surface area contributed by atoms with Gasteiger partial charge in [0.05, 0.1) is 5.56 Å². The summed E-state index contributed by atoms with van der Waals surface area (Å²) in [5.74, 6) is 0.264. The van der Waals surface area contributed by atoms with E-state index in [4.69, 9.17) is 5.73 Å². The largest absolute Gasteiger partial charge is 0.416 e. The van der Waals surface area contributed by atoms with E-state index in [1.165, 1.54) is 12.1 Å². The number of nitrogens with two attached hydrogens (primary N) is 1. The van der Waals surface area contributed by atoms with Gasteiger partial charge in [0.25, 0.3) is 0 Å². The molecule has 1 aliphatic rings. The molecule has 1 fully saturated rings. The summed E-state index contributed by atoms with van der Waals surface area (Å²) in [6.07, 6.45) is -2.43. The third-order valence-electron chi connectivity index (χ3n) is 3.87. The Kier molecular flexibility index (Phi) is 4.16. The van der Waals surface area contributed by atoms with Gasteiger partial charge in [0.1, 0.15) is 0 Å². The van der Waals surface area contributed by atoms with E-state index in [0.717, 1.165) is 32.0 Å². The number of hydrogen-bond donors (Lipinski definition) is 1. The number of alkyl halides is 3. The van der Waals surface area contributed by atoms with E-state index in [-0.39, 0.29) is 12.0 Å². The van der Waals surface area contributed by atoms with Crippen molar-refractivity contribution < 1.29 is 13.2 Å². The second-order valence-corrected chi connectivity index (χ2v) is 5.29. The standard InChI is InChI=1S/C14H19F3N2/c1-19-7-5-10(6-8-19)13(18)11-3-2-4-12(9-11)14(15,16)17/h2-4,9-10,13H,5-8,18H2,1H3. The van der Waals surface area contributed by atoms with Crippen LogP contribution in [0.1, 0.15) is 30.0 Å². The summed E-state index contributed by atoms with van der Waals surface area (Å²) in [6.45, 7) is 1.91. The molecule has 1 unspecified atom stereocenters. The maximum Gasteiger partial charge on any atom is 0.416 e. The summed E-state index contributed by atoms with van der Waals surface area (Å²) >= 11 is 0. The maximum absolute atomic E-state index is 12.7. The minimum absolute atomic E-state index is 0.264. The average Bonchev–Trinajstić information content (AvgIpc) is 2.38. The van der Waals surface area contributed by atoms with Crippen LogP contribution in [0.2, 0.25) is 0 Å². The molecule has 2 rings (SSSR count). The van der Waals surface area contributed by atoms with Crippen molar-refractivity contribution in [3.63, 3.8) is 0 Å². The molecule has 0 saturated carbocycles. The van der Waals surface area contributed by atoms with Crippen LogP contribution in [-0.2, 0) is 6.18 Å². The third-order valence-corrected chi connectivity index (χ3v) is 3.87. The number of likely N-dealkylation sites (tertiary alicyclic amines) is 1. The average molecular weight is 272 g/mol. The molecule has 0 radical (unpaired) electrons. The lowest BCUT2D eigenvalue weighted by Crippen LogP contribution is -2.35. The summed E-state index contributed by atoms with van der Waals surface area (Å²) in [4.78, 5) is 2.22. The van der Waals surface area contributed by atoms with Crippen molar-refractivity contribution in [1.29, 1.82) is 0 Å². The van der Waals surface area contributed by atoms with Gasteiger partial charge in [0.2, 0.25) is 0 Å². The van der Waals surface area contributed by atoms with Gasteiger partial charge >= 0.3 is 6.18 Å². The molecule has 0 aromatic heterocycles. The molecule has 0 bridgehead atoms. The highest BCUT2D eigenvalue weighted by Gasteiger charge is 2.31. The monoisotopic (exact) mass is 272 g/mol. The smallest absolute Gasteiger partial charge is 0.324 e. The van der Waals surface area contributed by atoms with Crippen LogP contribution in [0.3, 0.4) is 0 Å². The molecular formula is C14H19F3N2. The van der Waals surface area contributed by atoms with Crippen molar-refractivity contribution in [2.75, 3.05) is 20.1 Å². The lowest BCUT2D eigenvalue weighted by atomic mass is 9.85. The fraction of sp³-hybridized carbons (Fsp3) is 0.571. The number of nitrogens with zero attached hydrogens (tertiary/aromatic N) is 1. The van der Waals surface area contributed by atoms with Crippen LogP contribution < -0.4 is 5.73 Å². The van der Waals surface area contributed by atoms with Gasteiger partial charge in [-0.05, 0) is 56.6 Å². The van der Waals surface area contributed by atoms with E-state index in [1.807, 2.05) is 7.05 Å². The van der Waals surface area contributed by atoms with Crippen molar-refractivity contribution in [2.24, 2.45) is 11.7 Å². The normalized spacial score (nSPS) is 20.5. The van der Waals surface area contributed by atoms with Crippen molar-refractivity contribution in [1.82, 2.24) is 4.90 Å². The Morgan fingerprint density at radius 2 is 1.89 bits per heavy atom. The van der Waals surface area contributed by atoms with Crippen LogP contribution in [0, 0.1) is 5.92 Å². The molecule has 2 N–H and O–H groups in total. The van der Waals surface area contributed by atoms with Gasteiger partial charge in [-0.1, -0.05) is 12.1 Å². The predicted molar refractivity (Wildman–Crippen MR) is 68.6 cm³/mol. The molecule has 5 heteroatoms. The molecule has 2 nitrogen and oxygen atoms in total. The van der Waals surface area contributed by atoms with E-state index in [9.17, 15) is 13.2 Å². The Bertz CT molecular complexity index is 423. The number of halogens is 3. The topological polar surface area (TPSA) is 29.3 Å². The van der Waals surface area contributed by atoms with Gasteiger partial charge in [0, 0.05) is 6.04 Å². The van der Waals surface area contributed by atoms with Crippen LogP contribution in [0.15, 0.2) is 24.3 Å². The van der Waals surface area contributed by atoms with Crippen LogP contribution in [0.5, 0.6) is 0 Å². The zero-order valence-corrected chi connectivity index (χ0v) is 11.0. The first-order chi connectivity index (χ1) is 8.88. The lowest BCUT2D eigenvalue weighted by molar-refractivity contribution is -0.137. The van der Waals surface area contributed by atoms with Crippen molar-refractivity contribution >= 4 is 0 Å². The lowest BCUT2D eigenvalue weighted by Gasteiger charge is -2.32. The molecule has 1 atom stereocenters. The third kappa shape index (κ3) is 3.48. The minimum atomic E-state index is -4.30. The first-order valence-electron chi connectivity index (χ1n) is 6.49. The van der Waals surface area contributed by atoms with E-state index >= 15 is 0 Å². The molecule has 19 heavy (non-hydrogen) atoms. The van der Waals surface area contributed by atoms with E-state index < -0.39 is 11.7 Å². The molecule has 1 heterocycles. The molecule has 1 aromatic carbocycles. The van der Waals surface area contributed by atoms with Crippen molar-refractivity contribution in [3.8, 4) is 0 Å². The highest BCUT2D eigenvalue weighted by atomic mass is 19.4. The van der Waals surface area contributed by atoms with Crippen LogP contribution >= 0.6 is 0 Å². The fourth-order valence-corrected chi connectivity index (χ4v) is 2.58. The van der Waals surface area contributed by atoms with Gasteiger partial charge in [-0.2, -0.15) is 13.2 Å². The molecule has 0 aliphatic carbocycles. The van der Waals surface area contributed by atoms with E-state index in [0.29, 0.717) is 5.56 Å². The Hall–Kier alpha value is -1.07. The first-order valence-corrected chi connectivity index (χ1v) is 6.49. The van der Waals surface area contributed by atoms with Gasteiger partial charge in [-0.15, -0.1) is 0 Å². The van der Waals surface area contributed by atoms with E-state index in [1.54, 1.807) is 6.07 Å². The Labute approximate surface area is 111 Å². The summed E-state index contributed by atoms with van der Waals surface area (Å²) in [5.41, 5.74) is 6.11. The van der Waals surface area contributed by atoms with Gasteiger partial charge in [-0.25, -0.2) is 0 Å². The minimum Gasteiger partial charge on any atom is -0.324 e. The highest BCUT2D eigenvalue weighted by Crippen LogP contribution is 2.33. The Morgan fingerprint density at radius 3 is 2.47 bits per heavy atom. The molecule has 1 aromatic rings. The second kappa shape index (κ2) is 5.51. The fourth-order valence-electron chi connectivity index (χ4n) is 2.58. The maximum atomic E-state index is 12.7. The van der Waals surface area contributed by atoms with Crippen LogP contribution in [0.4, 0.5) is 13.2 Å². The number of piperidine rings is 1. The molecular weight excluding hydrogens is 253 g/mol. The zero-order valence-electron chi connectivity index (χ0n) is 11.0. The SMILES string of the molecule is CN1CCC(C(N)c2cccc(C(F)(F)F)c2)CC1. The van der Waals surface area contributed by atoms with Gasteiger partial charge in [-0.3, -0.25) is 0 Å². The molecule has 1 saturated heterocycles.